The summed E-state index contributed by atoms with van der Waals surface area (Å²) in [5, 5.41) is 0. The fourth-order valence-electron chi connectivity index (χ4n) is 1.94. The number of nitrogens with zero attached hydrogens (tertiary/aromatic N) is 1. The van der Waals surface area contributed by atoms with Crippen LogP contribution in [0.3, 0.4) is 0 Å². The molecule has 19 heavy (non-hydrogen) atoms. The Morgan fingerprint density at radius 3 is 2.68 bits per heavy atom. The summed E-state index contributed by atoms with van der Waals surface area (Å²) in [5.74, 6) is 0.928. The molecule has 3 heteroatoms. The highest BCUT2D eigenvalue weighted by molar-refractivity contribution is 9.10. The standard InChI is InChI=1S/C16H18BrNO/c1-13(19-16-9-7-15(17)8-10-16)4-2-5-14-6-3-11-18-12-14/h3,6-13H,2,4-5H2,1H3. The highest BCUT2D eigenvalue weighted by Crippen LogP contribution is 2.18. The third-order valence-corrected chi connectivity index (χ3v) is 3.48. The van der Waals surface area contributed by atoms with Gasteiger partial charge in [-0.15, -0.1) is 0 Å². The Bertz CT molecular complexity index is 484. The van der Waals surface area contributed by atoms with Gasteiger partial charge in [0.25, 0.3) is 0 Å². The van der Waals surface area contributed by atoms with E-state index in [1.807, 2.05) is 42.7 Å². The maximum Gasteiger partial charge on any atom is 0.119 e. The predicted molar refractivity (Wildman–Crippen MR) is 81.4 cm³/mol. The molecule has 1 heterocycles. The van der Waals surface area contributed by atoms with Crippen LogP contribution in [0.2, 0.25) is 0 Å². The summed E-state index contributed by atoms with van der Waals surface area (Å²) in [4.78, 5) is 4.12. The van der Waals surface area contributed by atoms with Crippen molar-refractivity contribution < 1.29 is 4.74 Å². The van der Waals surface area contributed by atoms with E-state index in [4.69, 9.17) is 4.74 Å². The van der Waals surface area contributed by atoms with Crippen molar-refractivity contribution in [2.75, 3.05) is 0 Å². The van der Waals surface area contributed by atoms with Gasteiger partial charge in [0.15, 0.2) is 0 Å². The SMILES string of the molecule is CC(CCCc1cccnc1)Oc1ccc(Br)cc1. The van der Waals surface area contributed by atoms with Crippen LogP contribution in [0.5, 0.6) is 5.75 Å². The Kier molecular flexibility index (Phi) is 5.40. The zero-order valence-corrected chi connectivity index (χ0v) is 12.6. The third kappa shape index (κ3) is 5.03. The molecule has 0 N–H and O–H groups in total. The molecule has 0 spiro atoms. The number of halogens is 1. The van der Waals surface area contributed by atoms with Crippen molar-refractivity contribution in [3.05, 3.63) is 58.8 Å². The second kappa shape index (κ2) is 7.29. The first-order valence-electron chi connectivity index (χ1n) is 6.55. The van der Waals surface area contributed by atoms with Crippen LogP contribution in [0.15, 0.2) is 53.3 Å². The van der Waals surface area contributed by atoms with Crippen molar-refractivity contribution in [1.82, 2.24) is 4.98 Å². The summed E-state index contributed by atoms with van der Waals surface area (Å²) in [5.41, 5.74) is 1.29. The molecule has 1 unspecified atom stereocenters. The van der Waals surface area contributed by atoms with E-state index in [1.54, 1.807) is 0 Å². The van der Waals surface area contributed by atoms with Gasteiger partial charge in [0.1, 0.15) is 5.75 Å². The molecule has 0 saturated heterocycles. The lowest BCUT2D eigenvalue weighted by molar-refractivity contribution is 0.208. The quantitative estimate of drug-likeness (QED) is 0.774. The van der Waals surface area contributed by atoms with Crippen LogP contribution in [-0.4, -0.2) is 11.1 Å². The van der Waals surface area contributed by atoms with E-state index in [2.05, 4.69) is 33.9 Å². The van der Waals surface area contributed by atoms with Crippen LogP contribution >= 0.6 is 15.9 Å². The normalized spacial score (nSPS) is 12.1. The Balaban J connectivity index is 1.73. The van der Waals surface area contributed by atoms with Gasteiger partial charge in [-0.25, -0.2) is 0 Å². The number of ether oxygens (including phenoxy) is 1. The van der Waals surface area contributed by atoms with Crippen molar-refractivity contribution >= 4 is 15.9 Å². The van der Waals surface area contributed by atoms with Gasteiger partial charge in [0.2, 0.25) is 0 Å². The van der Waals surface area contributed by atoms with E-state index in [0.717, 1.165) is 29.5 Å². The van der Waals surface area contributed by atoms with Crippen molar-refractivity contribution in [3.8, 4) is 5.75 Å². The maximum atomic E-state index is 5.87. The number of aromatic nitrogens is 1. The van der Waals surface area contributed by atoms with Gasteiger partial charge < -0.3 is 4.74 Å². The van der Waals surface area contributed by atoms with Gasteiger partial charge in [0.05, 0.1) is 6.10 Å². The van der Waals surface area contributed by atoms with Gasteiger partial charge in [-0.2, -0.15) is 0 Å². The molecule has 0 fully saturated rings. The fraction of sp³-hybridized carbons (Fsp3) is 0.312. The average molecular weight is 320 g/mol. The molecule has 1 aromatic heterocycles. The van der Waals surface area contributed by atoms with Crippen LogP contribution < -0.4 is 4.74 Å². The van der Waals surface area contributed by atoms with Gasteiger partial charge >= 0.3 is 0 Å². The number of benzene rings is 1. The van der Waals surface area contributed by atoms with Gasteiger partial charge in [0, 0.05) is 16.9 Å². The Hall–Kier alpha value is -1.35. The van der Waals surface area contributed by atoms with E-state index in [0.29, 0.717) is 0 Å². The van der Waals surface area contributed by atoms with Crippen molar-refractivity contribution in [2.45, 2.75) is 32.3 Å². The molecule has 0 bridgehead atoms. The van der Waals surface area contributed by atoms with E-state index in [-0.39, 0.29) is 6.10 Å². The Morgan fingerprint density at radius 1 is 1.21 bits per heavy atom. The summed E-state index contributed by atoms with van der Waals surface area (Å²) in [6.45, 7) is 2.12. The van der Waals surface area contributed by atoms with E-state index in [1.165, 1.54) is 5.56 Å². The summed E-state index contributed by atoms with van der Waals surface area (Å²) < 4.78 is 6.94. The van der Waals surface area contributed by atoms with Crippen molar-refractivity contribution in [1.29, 1.82) is 0 Å². The smallest absolute Gasteiger partial charge is 0.119 e. The number of aryl methyl sites for hydroxylation is 1. The minimum absolute atomic E-state index is 0.234. The van der Waals surface area contributed by atoms with Crippen LogP contribution in [-0.2, 0) is 6.42 Å². The lowest BCUT2D eigenvalue weighted by atomic mass is 10.1. The van der Waals surface area contributed by atoms with Gasteiger partial charge in [-0.3, -0.25) is 4.98 Å². The van der Waals surface area contributed by atoms with E-state index >= 15 is 0 Å². The van der Waals surface area contributed by atoms with Gasteiger partial charge in [-0.05, 0) is 62.1 Å². The predicted octanol–water partition coefficient (Wildman–Crippen LogP) is 4.63. The highest BCUT2D eigenvalue weighted by Gasteiger charge is 2.04. The number of hydrogen-bond acceptors (Lipinski definition) is 2. The molecule has 0 saturated carbocycles. The molecular formula is C16H18BrNO. The lowest BCUT2D eigenvalue weighted by Gasteiger charge is -2.14. The molecule has 0 aliphatic rings. The molecule has 2 nitrogen and oxygen atoms in total. The monoisotopic (exact) mass is 319 g/mol. The lowest BCUT2D eigenvalue weighted by Crippen LogP contribution is -2.11. The average Bonchev–Trinajstić information content (AvgIpc) is 2.43. The van der Waals surface area contributed by atoms with Crippen LogP contribution in [0.1, 0.15) is 25.3 Å². The molecule has 0 amide bonds. The Labute approximate surface area is 123 Å². The van der Waals surface area contributed by atoms with E-state index in [9.17, 15) is 0 Å². The molecule has 100 valence electrons. The minimum Gasteiger partial charge on any atom is -0.491 e. The molecule has 2 rings (SSSR count). The van der Waals surface area contributed by atoms with Crippen LogP contribution in [0, 0.1) is 0 Å². The van der Waals surface area contributed by atoms with E-state index < -0.39 is 0 Å². The summed E-state index contributed by atoms with van der Waals surface area (Å²) >= 11 is 3.42. The second-order valence-corrected chi connectivity index (χ2v) is 5.55. The third-order valence-electron chi connectivity index (χ3n) is 2.95. The molecule has 0 aliphatic carbocycles. The topological polar surface area (TPSA) is 22.1 Å². The molecule has 2 aromatic rings. The second-order valence-electron chi connectivity index (χ2n) is 4.64. The first-order chi connectivity index (χ1) is 9.24. The zero-order valence-electron chi connectivity index (χ0n) is 11.1. The Morgan fingerprint density at radius 2 is 2.00 bits per heavy atom. The molecule has 1 aromatic carbocycles. The zero-order chi connectivity index (χ0) is 13.5. The van der Waals surface area contributed by atoms with Gasteiger partial charge in [-0.1, -0.05) is 22.0 Å². The summed E-state index contributed by atoms with van der Waals surface area (Å²) in [6, 6.07) is 12.1. The maximum absolute atomic E-state index is 5.87. The van der Waals surface area contributed by atoms with Crippen molar-refractivity contribution in [2.24, 2.45) is 0 Å². The summed E-state index contributed by atoms with van der Waals surface area (Å²) in [6.07, 6.45) is 7.19. The molecule has 0 aliphatic heterocycles. The largest absolute Gasteiger partial charge is 0.491 e. The molecule has 0 radical (unpaired) electrons. The number of rotatable bonds is 6. The number of pyridine rings is 1. The number of hydrogen-bond donors (Lipinski definition) is 0. The molecule has 1 atom stereocenters. The first-order valence-corrected chi connectivity index (χ1v) is 7.34. The van der Waals surface area contributed by atoms with Crippen LogP contribution in [0.25, 0.3) is 0 Å². The fourth-order valence-corrected chi connectivity index (χ4v) is 2.21. The highest BCUT2D eigenvalue weighted by atomic mass is 79.9. The minimum atomic E-state index is 0.234. The first kappa shape index (κ1) is 14.1. The summed E-state index contributed by atoms with van der Waals surface area (Å²) in [7, 11) is 0. The van der Waals surface area contributed by atoms with Crippen molar-refractivity contribution in [3.63, 3.8) is 0 Å². The van der Waals surface area contributed by atoms with Crippen LogP contribution in [0.4, 0.5) is 0 Å². The molecular weight excluding hydrogens is 302 g/mol.